The van der Waals surface area contributed by atoms with E-state index in [0.29, 0.717) is 17.8 Å². The van der Waals surface area contributed by atoms with Gasteiger partial charge in [-0.15, -0.1) is 0 Å². The average molecular weight is 1660 g/mol. The van der Waals surface area contributed by atoms with E-state index >= 15 is 0 Å². The number of methoxy groups -OCH3 is 2. The first-order chi connectivity index (χ1) is 61.4. The van der Waals surface area contributed by atoms with E-state index in [2.05, 4.69) is 338 Å². The van der Waals surface area contributed by atoms with Crippen molar-refractivity contribution >= 4 is 82.6 Å². The number of hydrogen-bond acceptors (Lipinski definition) is 8. The Morgan fingerprint density at radius 2 is 0.913 bits per heavy atom. The van der Waals surface area contributed by atoms with Crippen molar-refractivity contribution in [1.29, 1.82) is 0 Å². The van der Waals surface area contributed by atoms with Crippen LogP contribution in [0.1, 0.15) is 109 Å². The molecular formula is C118H117N3O5. The van der Waals surface area contributed by atoms with E-state index in [1.807, 2.05) is 159 Å². The number of rotatable bonds is 41. The molecular weight excluding hydrogens is 1540 g/mol. The lowest BCUT2D eigenvalue weighted by Crippen LogP contribution is -2.21. The minimum Gasteiger partial charge on any atom is -0.497 e. The Morgan fingerprint density at radius 1 is 0.421 bits per heavy atom. The molecule has 0 radical (unpaired) electrons. The van der Waals surface area contributed by atoms with Crippen molar-refractivity contribution in [2.24, 2.45) is 0 Å². The Hall–Kier alpha value is -14.6. The molecule has 8 nitrogen and oxygen atoms in total. The lowest BCUT2D eigenvalue weighted by atomic mass is 9.86. The van der Waals surface area contributed by atoms with Gasteiger partial charge in [0.25, 0.3) is 0 Å². The molecule has 0 spiro atoms. The molecule has 1 aliphatic carbocycles. The highest BCUT2D eigenvalue weighted by atomic mass is 16.5. The lowest BCUT2D eigenvalue weighted by molar-refractivity contribution is 0.282. The van der Waals surface area contributed by atoms with E-state index in [-0.39, 0.29) is 19.8 Å². The van der Waals surface area contributed by atoms with Crippen LogP contribution in [0.15, 0.2) is 453 Å². The van der Waals surface area contributed by atoms with Crippen molar-refractivity contribution in [2.75, 3.05) is 48.7 Å². The predicted molar refractivity (Wildman–Crippen MR) is 545 cm³/mol. The number of allylic oxidation sites excluding steroid dienone is 30. The average Bonchev–Trinajstić information content (AvgIpc) is 0.781. The van der Waals surface area contributed by atoms with Crippen molar-refractivity contribution in [3.05, 3.63) is 514 Å². The van der Waals surface area contributed by atoms with E-state index in [1.165, 1.54) is 16.7 Å². The van der Waals surface area contributed by atoms with Crippen molar-refractivity contribution in [3.8, 4) is 22.6 Å². The van der Waals surface area contributed by atoms with Gasteiger partial charge < -0.3 is 39.5 Å². The molecule has 0 unspecified atom stereocenters. The summed E-state index contributed by atoms with van der Waals surface area (Å²) in [6.07, 6.45) is 72.1. The second kappa shape index (κ2) is 49.5. The van der Waals surface area contributed by atoms with Crippen LogP contribution in [0, 0.1) is 6.92 Å². The normalized spacial score (nSPS) is 13.7. The van der Waals surface area contributed by atoms with Gasteiger partial charge in [0, 0.05) is 52.6 Å². The van der Waals surface area contributed by atoms with Gasteiger partial charge in [0.2, 0.25) is 0 Å². The number of anilines is 5. The number of ether oxygens (including phenoxy) is 2. The number of aliphatic hydroxyl groups excluding tert-OH is 3. The maximum Gasteiger partial charge on any atom is 0.119 e. The first-order valence-electron chi connectivity index (χ1n) is 42.5. The third-order valence-corrected chi connectivity index (χ3v) is 21.3. The van der Waals surface area contributed by atoms with Crippen LogP contribution in [0.3, 0.4) is 0 Å². The summed E-state index contributed by atoms with van der Waals surface area (Å²) in [4.78, 5) is 6.42. The van der Waals surface area contributed by atoms with Gasteiger partial charge in [-0.05, 0) is 270 Å². The van der Waals surface area contributed by atoms with Gasteiger partial charge in [0.15, 0.2) is 0 Å². The molecule has 0 bridgehead atoms. The zero-order valence-corrected chi connectivity index (χ0v) is 74.0. The Labute approximate surface area is 749 Å². The Bertz CT molecular complexity index is 5850. The first kappa shape index (κ1) is 93.6. The van der Waals surface area contributed by atoms with Crippen molar-refractivity contribution < 1.29 is 24.8 Å². The fourth-order valence-corrected chi connectivity index (χ4v) is 13.5. The molecule has 9 aromatic rings. The molecule has 8 heteroatoms. The van der Waals surface area contributed by atoms with Gasteiger partial charge in [-0.25, -0.2) is 0 Å². The van der Waals surface area contributed by atoms with Crippen LogP contribution < -0.4 is 24.2 Å². The smallest absolute Gasteiger partial charge is 0.119 e. The molecule has 10 rings (SSSR count). The SMILES string of the molecule is C=C/C(C)=C/C=C(C)/C=C/c1ccc(-c2cc(/C=C/C(C=C)=C/C=C/C=C/C(C=C)=C/C=C/N(C(=C)/C=C\C(=C)CO)c3ccc(OC)cc3)c(C3=CC=C(/C=C/c4ccc(/C=C/C(C)=C/C=C(\C)N(C/C=C\C(=C/C)CO)c5ccc(C)cc5)cc4)CC3)cc2/C=C/c2ccc(/C=C/c3ccc(N(c4ccc(CO)cc4)c4ccc(OC)cc4)cc3)cc2)cc1. The summed E-state index contributed by atoms with van der Waals surface area (Å²) in [5.41, 5.74) is 30.0. The lowest BCUT2D eigenvalue weighted by Gasteiger charge is -2.26. The van der Waals surface area contributed by atoms with Gasteiger partial charge in [-0.3, -0.25) is 0 Å². The second-order valence-corrected chi connectivity index (χ2v) is 30.5. The molecule has 0 fully saturated rings. The number of aliphatic hydroxyl groups is 3. The van der Waals surface area contributed by atoms with Crippen LogP contribution in [0.5, 0.6) is 11.5 Å². The summed E-state index contributed by atoms with van der Waals surface area (Å²) in [5, 5.41) is 29.2. The summed E-state index contributed by atoms with van der Waals surface area (Å²) in [5.74, 6) is 1.53. The summed E-state index contributed by atoms with van der Waals surface area (Å²) < 4.78 is 10.9. The summed E-state index contributed by atoms with van der Waals surface area (Å²) in [6.45, 7) is 33.5. The molecule has 0 saturated heterocycles. The van der Waals surface area contributed by atoms with Crippen LogP contribution in [0.2, 0.25) is 0 Å². The van der Waals surface area contributed by atoms with Crippen molar-refractivity contribution in [1.82, 2.24) is 0 Å². The van der Waals surface area contributed by atoms with Crippen LogP contribution in [0.4, 0.5) is 28.4 Å². The molecule has 0 atom stereocenters. The number of benzene rings is 9. The second-order valence-electron chi connectivity index (χ2n) is 30.5. The van der Waals surface area contributed by atoms with Gasteiger partial charge in [0.1, 0.15) is 11.5 Å². The number of nitrogens with zero attached hydrogens (tertiary/aromatic N) is 3. The molecule has 0 heterocycles. The molecule has 9 aromatic carbocycles. The standard InChI is InChI=1S/C118H117N3O5/c1-14-88(5)27-28-89(6)31-38-99-52-61-106(62-53-99)118-83-108(65-51-96(16-3)24-20-18-19-23-95(15-2)25-21-81-120(94(11)36-30-92(9)85-122)111-73-77-115(125-12)78-74-111)117(84-109(118)66-56-102-47-43-101(44-48-102)46-50-104-57-69-112(70-58-104)121(113-71-59-105(87-124)60-72-113)114-75-79-116(126-13)80-76-114)107-63-54-103(55-64-107)49-45-100-41-39-98(40-42-100)37-32-90(7)29-35-93(10)119(82-22-26-97(17-4)86-123)110-67-33-91(8)34-68-110/h14-54,56-63,65-81,83-84,122-124H,1-3,9,11,55,64,82,85-87H2,4-8,10,12-13H3/b20-18+,23-19+,26-22-,36-30-,37-32+,38-31+,49-45+,50-46+,65-51+,66-56+,81-21+,88-27+,89-28+,90-29+,93-35+,95-25+,96-24+,97-17+. The zero-order valence-electron chi connectivity index (χ0n) is 74.0. The Balaban J connectivity index is 0.951. The highest BCUT2D eigenvalue weighted by molar-refractivity contribution is 5.89. The quantitative estimate of drug-likeness (QED) is 0.0258. The molecule has 0 amide bonds. The van der Waals surface area contributed by atoms with Gasteiger partial charge >= 0.3 is 0 Å². The molecule has 126 heavy (non-hydrogen) atoms. The minimum atomic E-state index is -0.148. The molecule has 1 aliphatic rings. The number of hydrogen-bond donors (Lipinski definition) is 3. The fourth-order valence-electron chi connectivity index (χ4n) is 13.5. The van der Waals surface area contributed by atoms with Crippen molar-refractivity contribution in [2.45, 2.75) is 61.0 Å². The van der Waals surface area contributed by atoms with E-state index in [0.717, 1.165) is 159 Å². The van der Waals surface area contributed by atoms with Crippen molar-refractivity contribution in [3.63, 3.8) is 0 Å². The topological polar surface area (TPSA) is 88.9 Å². The van der Waals surface area contributed by atoms with Gasteiger partial charge in [-0.2, -0.15) is 0 Å². The summed E-state index contributed by atoms with van der Waals surface area (Å²) in [7, 11) is 3.31. The monoisotopic (exact) mass is 1660 g/mol. The predicted octanol–water partition coefficient (Wildman–Crippen LogP) is 29.7. The first-order valence-corrected chi connectivity index (χ1v) is 42.5. The number of aryl methyl sites for hydroxylation is 1. The highest BCUT2D eigenvalue weighted by Crippen LogP contribution is 2.39. The van der Waals surface area contributed by atoms with Crippen LogP contribution in [-0.2, 0) is 6.61 Å². The van der Waals surface area contributed by atoms with Crippen LogP contribution in [-0.4, -0.2) is 49.3 Å². The molecule has 0 aliphatic heterocycles. The Kier molecular flexibility index (Phi) is 36.7. The minimum absolute atomic E-state index is 0.0102. The molecule has 0 aromatic heterocycles. The molecule has 0 saturated carbocycles. The van der Waals surface area contributed by atoms with E-state index in [1.54, 1.807) is 20.3 Å². The Morgan fingerprint density at radius 3 is 1.45 bits per heavy atom. The molecule has 634 valence electrons. The highest BCUT2D eigenvalue weighted by Gasteiger charge is 2.18. The van der Waals surface area contributed by atoms with E-state index in [9.17, 15) is 15.3 Å². The molecule has 3 N–H and O–H groups in total. The van der Waals surface area contributed by atoms with Crippen LogP contribution in [0.25, 0.3) is 65.3 Å². The van der Waals surface area contributed by atoms with Crippen LogP contribution >= 0.6 is 0 Å². The summed E-state index contributed by atoms with van der Waals surface area (Å²) >= 11 is 0. The third-order valence-electron chi connectivity index (χ3n) is 21.3. The van der Waals surface area contributed by atoms with Gasteiger partial charge in [0.05, 0.1) is 34.0 Å². The third kappa shape index (κ3) is 29.0. The van der Waals surface area contributed by atoms with E-state index < -0.39 is 0 Å². The largest absolute Gasteiger partial charge is 0.497 e. The maximum absolute atomic E-state index is 9.81. The van der Waals surface area contributed by atoms with Gasteiger partial charge in [-0.1, -0.05) is 347 Å². The maximum atomic E-state index is 9.81. The van der Waals surface area contributed by atoms with E-state index in [4.69, 9.17) is 9.47 Å². The summed E-state index contributed by atoms with van der Waals surface area (Å²) in [6, 6.07) is 71.8. The zero-order chi connectivity index (χ0) is 89.4. The fraction of sp³-hybridized carbons (Fsp3) is 0.119.